The molecule has 0 saturated heterocycles. The number of hydrogen-bond donors (Lipinski definition) is 2. The van der Waals surface area contributed by atoms with E-state index in [1.807, 2.05) is 0 Å². The minimum Gasteiger partial charge on any atom is -0.473 e. The van der Waals surface area contributed by atoms with Gasteiger partial charge in [0.2, 0.25) is 0 Å². The Hall–Kier alpha value is -3.02. The molecule has 0 unspecified atom stereocenters. The molecule has 2 aromatic heterocycles. The van der Waals surface area contributed by atoms with Crippen LogP contribution in [0.2, 0.25) is 5.02 Å². The van der Waals surface area contributed by atoms with Gasteiger partial charge in [0, 0.05) is 24.0 Å². The van der Waals surface area contributed by atoms with Crippen LogP contribution >= 0.6 is 11.6 Å². The van der Waals surface area contributed by atoms with Crippen molar-refractivity contribution in [2.75, 3.05) is 13.2 Å². The number of benzene rings is 1. The molecule has 0 spiro atoms. The normalized spacial score (nSPS) is 15.0. The van der Waals surface area contributed by atoms with Crippen molar-refractivity contribution in [3.8, 4) is 5.88 Å². The van der Waals surface area contributed by atoms with Gasteiger partial charge in [0.05, 0.1) is 17.6 Å². The van der Waals surface area contributed by atoms with Crippen LogP contribution in [0.1, 0.15) is 42.6 Å². The molecule has 3 aromatic rings. The first-order chi connectivity index (χ1) is 16.9. The van der Waals surface area contributed by atoms with E-state index >= 15 is 0 Å². The largest absolute Gasteiger partial charge is 0.473 e. The molecule has 1 amide bonds. The van der Waals surface area contributed by atoms with E-state index in [1.54, 1.807) is 24.3 Å². The Kier molecular flexibility index (Phi) is 6.84. The van der Waals surface area contributed by atoms with E-state index in [4.69, 9.17) is 16.3 Å². The van der Waals surface area contributed by atoms with Crippen molar-refractivity contribution in [2.24, 2.45) is 7.05 Å². The fourth-order valence-corrected chi connectivity index (χ4v) is 6.28. The molecule has 0 aliphatic heterocycles. The Morgan fingerprint density at radius 3 is 2.56 bits per heavy atom. The highest BCUT2D eigenvalue weighted by molar-refractivity contribution is 7.94. The van der Waals surface area contributed by atoms with E-state index in [1.165, 1.54) is 37.7 Å². The highest BCUT2D eigenvalue weighted by Gasteiger charge is 2.60. The molecule has 1 aliphatic carbocycles. The van der Waals surface area contributed by atoms with Crippen LogP contribution < -0.4 is 15.6 Å². The van der Waals surface area contributed by atoms with Gasteiger partial charge in [-0.1, -0.05) is 23.7 Å². The first-order valence-corrected chi connectivity index (χ1v) is 13.1. The average Bonchev–Trinajstić information content (AvgIpc) is 3.66. The number of halogens is 1. The maximum absolute atomic E-state index is 13.1. The van der Waals surface area contributed by atoms with Gasteiger partial charge in [-0.15, -0.1) is 5.10 Å². The second-order valence-electron chi connectivity index (χ2n) is 9.58. The molecular formula is C24H27ClN4O6S. The van der Waals surface area contributed by atoms with Gasteiger partial charge in [-0.3, -0.25) is 9.59 Å². The third-order valence-electron chi connectivity index (χ3n) is 6.56. The number of rotatable bonds is 9. The molecule has 12 heteroatoms. The summed E-state index contributed by atoms with van der Waals surface area (Å²) in [5.41, 5.74) is 0.465. The molecule has 192 valence electrons. The van der Waals surface area contributed by atoms with E-state index in [-0.39, 0.29) is 24.6 Å². The van der Waals surface area contributed by atoms with Crippen molar-refractivity contribution in [3.63, 3.8) is 0 Å². The van der Waals surface area contributed by atoms with Crippen molar-refractivity contribution in [2.45, 2.75) is 42.7 Å². The molecular weight excluding hydrogens is 508 g/mol. The van der Waals surface area contributed by atoms with Crippen LogP contribution in [-0.2, 0) is 23.4 Å². The second kappa shape index (κ2) is 9.45. The number of ether oxygens (including phenoxy) is 1. The topological polar surface area (TPSA) is 140 Å². The van der Waals surface area contributed by atoms with Crippen LogP contribution in [0.4, 0.5) is 0 Å². The molecule has 0 radical (unpaired) electrons. The Labute approximate surface area is 213 Å². The molecule has 2 heterocycles. The van der Waals surface area contributed by atoms with Crippen molar-refractivity contribution in [1.29, 1.82) is 0 Å². The summed E-state index contributed by atoms with van der Waals surface area (Å²) in [7, 11) is -2.24. The second-order valence-corrected chi connectivity index (χ2v) is 13.0. The zero-order valence-corrected chi connectivity index (χ0v) is 21.7. The smallest absolute Gasteiger partial charge is 0.263 e. The monoisotopic (exact) mass is 534 g/mol. The van der Waals surface area contributed by atoms with E-state index in [0.29, 0.717) is 28.8 Å². The maximum atomic E-state index is 13.1. The lowest BCUT2D eigenvalue weighted by molar-refractivity contribution is 0.0949. The number of aliphatic hydroxyl groups excluding tert-OH is 1. The SMILES string of the molecule is Cn1c(=O)c(C(=O)NCc2ccc(Cl)cc2)cc2cnnc(OCC3(S(=O)(=O)C(C)(C)CO)CC3)c21. The fraction of sp³-hybridized carbons (Fsp3) is 0.417. The number of aliphatic hydroxyl groups is 1. The van der Waals surface area contributed by atoms with Crippen LogP contribution in [0, 0.1) is 0 Å². The van der Waals surface area contributed by atoms with E-state index in [0.717, 1.165) is 5.56 Å². The highest BCUT2D eigenvalue weighted by atomic mass is 35.5. The summed E-state index contributed by atoms with van der Waals surface area (Å²) in [5.74, 6) is -0.565. The van der Waals surface area contributed by atoms with Crippen molar-refractivity contribution in [1.82, 2.24) is 20.1 Å². The summed E-state index contributed by atoms with van der Waals surface area (Å²) in [5, 5.41) is 21.2. The van der Waals surface area contributed by atoms with Gasteiger partial charge in [-0.2, -0.15) is 5.10 Å². The first-order valence-electron chi connectivity index (χ1n) is 11.3. The van der Waals surface area contributed by atoms with Gasteiger partial charge in [0.1, 0.15) is 22.4 Å². The molecule has 0 bridgehead atoms. The zero-order valence-electron chi connectivity index (χ0n) is 20.1. The minimum atomic E-state index is -3.72. The van der Waals surface area contributed by atoms with Gasteiger partial charge in [-0.25, -0.2) is 8.42 Å². The number of aryl methyl sites for hydroxylation is 1. The van der Waals surface area contributed by atoms with Gasteiger partial charge < -0.3 is 19.7 Å². The average molecular weight is 535 g/mol. The summed E-state index contributed by atoms with van der Waals surface area (Å²) < 4.78 is 30.8. The molecule has 1 fully saturated rings. The molecule has 0 atom stereocenters. The number of amides is 1. The number of hydrogen-bond acceptors (Lipinski definition) is 8. The number of pyridine rings is 1. The lowest BCUT2D eigenvalue weighted by Gasteiger charge is -2.28. The number of nitrogens with one attached hydrogen (secondary N) is 1. The summed E-state index contributed by atoms with van der Waals surface area (Å²) in [6, 6.07) is 8.37. The predicted molar refractivity (Wildman–Crippen MR) is 135 cm³/mol. The predicted octanol–water partition coefficient (Wildman–Crippen LogP) is 2.01. The standard InChI is InChI=1S/C24H27ClN4O6S/c1-23(2,13-30)36(33,34)24(8-9-24)14-35-21-19-16(12-27-28-21)10-18(22(32)29(19)3)20(31)26-11-15-4-6-17(25)7-5-15/h4-7,10,12,30H,8-9,11,13-14H2,1-3H3,(H,26,31). The number of carbonyl (C=O) groups is 1. The molecule has 1 aromatic carbocycles. The van der Waals surface area contributed by atoms with Gasteiger partial charge >= 0.3 is 0 Å². The van der Waals surface area contributed by atoms with Gasteiger partial charge in [0.25, 0.3) is 17.3 Å². The number of sulfone groups is 1. The van der Waals surface area contributed by atoms with E-state index in [2.05, 4.69) is 15.5 Å². The number of nitrogens with zero attached hydrogens (tertiary/aromatic N) is 3. The Bertz CT molecular complexity index is 1480. The maximum Gasteiger partial charge on any atom is 0.263 e. The fourth-order valence-electron chi connectivity index (χ4n) is 3.96. The quantitative estimate of drug-likeness (QED) is 0.425. The third-order valence-corrected chi connectivity index (χ3v) is 10.1. The molecule has 10 nitrogen and oxygen atoms in total. The zero-order chi connectivity index (χ0) is 26.3. The van der Waals surface area contributed by atoms with Crippen molar-refractivity contribution < 1.29 is 23.1 Å². The molecule has 36 heavy (non-hydrogen) atoms. The lowest BCUT2D eigenvalue weighted by atomic mass is 10.1. The number of carbonyl (C=O) groups excluding carboxylic acids is 1. The van der Waals surface area contributed by atoms with E-state index < -0.39 is 37.4 Å². The minimum absolute atomic E-state index is 0.0106. The number of fused-ring (bicyclic) bond motifs is 1. The van der Waals surface area contributed by atoms with Crippen LogP contribution in [0.5, 0.6) is 5.88 Å². The Balaban J connectivity index is 1.59. The van der Waals surface area contributed by atoms with Crippen LogP contribution in [0.15, 0.2) is 41.3 Å². The van der Waals surface area contributed by atoms with Gasteiger partial charge in [-0.05, 0) is 50.5 Å². The van der Waals surface area contributed by atoms with Gasteiger partial charge in [0.15, 0.2) is 9.84 Å². The first kappa shape index (κ1) is 26.1. The molecule has 1 saturated carbocycles. The van der Waals surface area contributed by atoms with Crippen LogP contribution in [0.3, 0.4) is 0 Å². The summed E-state index contributed by atoms with van der Waals surface area (Å²) in [6.07, 6.45) is 2.19. The van der Waals surface area contributed by atoms with E-state index in [9.17, 15) is 23.1 Å². The van der Waals surface area contributed by atoms with Crippen molar-refractivity contribution >= 4 is 38.2 Å². The highest BCUT2D eigenvalue weighted by Crippen LogP contribution is 2.48. The molecule has 1 aliphatic rings. The molecule has 2 N–H and O–H groups in total. The lowest BCUT2D eigenvalue weighted by Crippen LogP contribution is -2.46. The van der Waals surface area contributed by atoms with Crippen molar-refractivity contribution in [3.05, 3.63) is 63.0 Å². The summed E-state index contributed by atoms with van der Waals surface area (Å²) in [4.78, 5) is 25.8. The van der Waals surface area contributed by atoms with Crippen LogP contribution in [-0.4, -0.2) is 56.9 Å². The summed E-state index contributed by atoms with van der Waals surface area (Å²) in [6.45, 7) is 2.46. The Morgan fingerprint density at radius 2 is 1.94 bits per heavy atom. The Morgan fingerprint density at radius 1 is 1.28 bits per heavy atom. The number of aromatic nitrogens is 3. The third kappa shape index (κ3) is 4.58. The summed E-state index contributed by atoms with van der Waals surface area (Å²) >= 11 is 5.88. The molecule has 4 rings (SSSR count). The van der Waals surface area contributed by atoms with Crippen LogP contribution in [0.25, 0.3) is 10.9 Å².